The normalized spacial score (nSPS) is 10.3. The second kappa shape index (κ2) is 6.11. The van der Waals surface area contributed by atoms with Crippen LogP contribution in [0.5, 0.6) is 0 Å². The molecule has 0 bridgehead atoms. The summed E-state index contributed by atoms with van der Waals surface area (Å²) in [7, 11) is 0. The molecule has 0 aliphatic carbocycles. The highest BCUT2D eigenvalue weighted by atomic mass is 35.5. The van der Waals surface area contributed by atoms with Crippen LogP contribution in [0.3, 0.4) is 0 Å². The highest BCUT2D eigenvalue weighted by Crippen LogP contribution is 2.21. The molecule has 0 aromatic heterocycles. The van der Waals surface area contributed by atoms with Crippen LogP contribution >= 0.6 is 23.2 Å². The number of anilines is 1. The molecule has 0 aliphatic heterocycles. The lowest BCUT2D eigenvalue weighted by molar-refractivity contribution is 0.0692. The highest BCUT2D eigenvalue weighted by molar-refractivity contribution is 6.34. The van der Waals surface area contributed by atoms with Crippen LogP contribution in [0.25, 0.3) is 0 Å². The molecule has 0 atom stereocenters. The van der Waals surface area contributed by atoms with Gasteiger partial charge in [-0.2, -0.15) is 0 Å². The minimum atomic E-state index is -1.31. The quantitative estimate of drug-likeness (QED) is 0.877. The first-order valence-corrected chi connectivity index (χ1v) is 6.43. The standard InChI is InChI=1S/C14H10Cl2FNO2/c15-9-3-8(4-10(16)5-9)7-18-11-1-2-13(17)12(6-11)14(19)20/h1-6,18H,7H2,(H,19,20). The third-order valence-electron chi connectivity index (χ3n) is 2.62. The maximum absolute atomic E-state index is 13.2. The number of hydrogen-bond donors (Lipinski definition) is 2. The number of carboxylic acids is 1. The molecule has 0 radical (unpaired) electrons. The predicted octanol–water partition coefficient (Wildman–Crippen LogP) is 4.44. The number of halogens is 3. The van der Waals surface area contributed by atoms with Gasteiger partial charge in [-0.25, -0.2) is 9.18 Å². The minimum absolute atomic E-state index is 0.376. The number of nitrogens with one attached hydrogen (secondary N) is 1. The van der Waals surface area contributed by atoms with Gasteiger partial charge < -0.3 is 10.4 Å². The van der Waals surface area contributed by atoms with E-state index in [9.17, 15) is 9.18 Å². The van der Waals surface area contributed by atoms with Crippen LogP contribution in [0, 0.1) is 5.82 Å². The molecule has 0 heterocycles. The van der Waals surface area contributed by atoms with Gasteiger partial charge in [-0.05, 0) is 42.0 Å². The summed E-state index contributed by atoms with van der Waals surface area (Å²) in [5, 5.41) is 12.9. The van der Waals surface area contributed by atoms with Crippen molar-refractivity contribution >= 4 is 34.9 Å². The summed E-state index contributed by atoms with van der Waals surface area (Å²) in [6, 6.07) is 8.91. The Hall–Kier alpha value is -1.78. The predicted molar refractivity (Wildman–Crippen MR) is 77.1 cm³/mol. The zero-order valence-electron chi connectivity index (χ0n) is 10.2. The zero-order valence-corrected chi connectivity index (χ0v) is 11.7. The third-order valence-corrected chi connectivity index (χ3v) is 3.05. The van der Waals surface area contributed by atoms with Crippen LogP contribution in [0.2, 0.25) is 10.0 Å². The molecule has 3 nitrogen and oxygen atoms in total. The number of carbonyl (C=O) groups is 1. The van der Waals surface area contributed by atoms with E-state index < -0.39 is 11.8 Å². The van der Waals surface area contributed by atoms with Crippen LogP contribution in [0.4, 0.5) is 10.1 Å². The monoisotopic (exact) mass is 313 g/mol. The zero-order chi connectivity index (χ0) is 14.7. The highest BCUT2D eigenvalue weighted by Gasteiger charge is 2.10. The summed E-state index contributed by atoms with van der Waals surface area (Å²) >= 11 is 11.8. The average molecular weight is 314 g/mol. The van der Waals surface area contributed by atoms with E-state index in [1.807, 2.05) is 0 Å². The van der Waals surface area contributed by atoms with E-state index in [-0.39, 0.29) is 5.56 Å². The van der Waals surface area contributed by atoms with Crippen LogP contribution in [-0.4, -0.2) is 11.1 Å². The average Bonchev–Trinajstić information content (AvgIpc) is 2.36. The fraction of sp³-hybridized carbons (Fsp3) is 0.0714. The lowest BCUT2D eigenvalue weighted by Gasteiger charge is -2.08. The van der Waals surface area contributed by atoms with Crippen molar-refractivity contribution in [2.24, 2.45) is 0 Å². The van der Waals surface area contributed by atoms with E-state index in [1.165, 1.54) is 12.1 Å². The van der Waals surface area contributed by atoms with Crippen molar-refractivity contribution in [2.75, 3.05) is 5.32 Å². The van der Waals surface area contributed by atoms with Gasteiger partial charge >= 0.3 is 5.97 Å². The van der Waals surface area contributed by atoms with E-state index >= 15 is 0 Å². The van der Waals surface area contributed by atoms with Gasteiger partial charge in [0, 0.05) is 22.3 Å². The molecule has 0 amide bonds. The Labute approximate surface area is 124 Å². The summed E-state index contributed by atoms with van der Waals surface area (Å²) in [4.78, 5) is 10.8. The van der Waals surface area contributed by atoms with Crippen LogP contribution in [0.1, 0.15) is 15.9 Å². The van der Waals surface area contributed by atoms with Gasteiger partial charge in [0.2, 0.25) is 0 Å². The Kier molecular flexibility index (Phi) is 4.47. The van der Waals surface area contributed by atoms with E-state index in [0.717, 1.165) is 11.6 Å². The summed E-state index contributed by atoms with van der Waals surface area (Å²) < 4.78 is 13.2. The molecule has 0 saturated heterocycles. The van der Waals surface area contributed by atoms with Crippen molar-refractivity contribution in [2.45, 2.75) is 6.54 Å². The van der Waals surface area contributed by atoms with Gasteiger partial charge in [0.05, 0.1) is 5.56 Å². The van der Waals surface area contributed by atoms with Gasteiger partial charge in [-0.3, -0.25) is 0 Å². The first kappa shape index (κ1) is 14.6. The molecule has 6 heteroatoms. The number of carboxylic acid groups (broad SMARTS) is 1. The Balaban J connectivity index is 2.14. The van der Waals surface area contributed by atoms with Crippen molar-refractivity contribution in [1.29, 1.82) is 0 Å². The fourth-order valence-corrected chi connectivity index (χ4v) is 2.29. The smallest absolute Gasteiger partial charge is 0.338 e. The van der Waals surface area contributed by atoms with Crippen molar-refractivity contribution in [1.82, 2.24) is 0 Å². The maximum atomic E-state index is 13.2. The van der Waals surface area contributed by atoms with Gasteiger partial charge in [0.1, 0.15) is 5.82 Å². The van der Waals surface area contributed by atoms with Gasteiger partial charge in [0.15, 0.2) is 0 Å². The molecule has 0 saturated carbocycles. The molecule has 20 heavy (non-hydrogen) atoms. The second-order valence-corrected chi connectivity index (χ2v) is 5.00. The second-order valence-electron chi connectivity index (χ2n) is 4.13. The first-order valence-electron chi connectivity index (χ1n) is 5.67. The molecule has 0 unspecified atom stereocenters. The number of aromatic carboxylic acids is 1. The minimum Gasteiger partial charge on any atom is -0.478 e. The SMILES string of the molecule is O=C(O)c1cc(NCc2cc(Cl)cc(Cl)c2)ccc1F. The number of rotatable bonds is 4. The molecule has 2 N–H and O–H groups in total. The van der Waals surface area contributed by atoms with Gasteiger partial charge in [-0.1, -0.05) is 23.2 Å². The van der Waals surface area contributed by atoms with Crippen LogP contribution in [-0.2, 0) is 6.54 Å². The van der Waals surface area contributed by atoms with E-state index in [1.54, 1.807) is 18.2 Å². The maximum Gasteiger partial charge on any atom is 0.338 e. The van der Waals surface area contributed by atoms with Crippen molar-refractivity contribution in [3.63, 3.8) is 0 Å². The molecule has 2 rings (SSSR count). The molecular formula is C14H10Cl2FNO2. The third kappa shape index (κ3) is 3.62. The topological polar surface area (TPSA) is 49.3 Å². The largest absolute Gasteiger partial charge is 0.478 e. The Bertz CT molecular complexity index is 641. The van der Waals surface area contributed by atoms with Gasteiger partial charge in [-0.15, -0.1) is 0 Å². The van der Waals surface area contributed by atoms with Crippen LogP contribution in [0.15, 0.2) is 36.4 Å². The van der Waals surface area contributed by atoms with Crippen LogP contribution < -0.4 is 5.32 Å². The Morgan fingerprint density at radius 1 is 1.15 bits per heavy atom. The van der Waals surface area contributed by atoms with E-state index in [4.69, 9.17) is 28.3 Å². The molecule has 0 fully saturated rings. The summed E-state index contributed by atoms with van der Waals surface area (Å²) in [6.45, 7) is 0.394. The molecule has 0 spiro atoms. The van der Waals surface area contributed by atoms with Crippen molar-refractivity contribution in [3.05, 3.63) is 63.4 Å². The summed E-state index contributed by atoms with van der Waals surface area (Å²) in [6.07, 6.45) is 0. The summed E-state index contributed by atoms with van der Waals surface area (Å²) in [5.41, 5.74) is 0.961. The molecule has 2 aromatic carbocycles. The lowest BCUT2D eigenvalue weighted by atomic mass is 10.1. The van der Waals surface area contributed by atoms with Crippen molar-refractivity contribution < 1.29 is 14.3 Å². The fourth-order valence-electron chi connectivity index (χ4n) is 1.72. The molecule has 2 aromatic rings. The van der Waals surface area contributed by atoms with E-state index in [2.05, 4.69) is 5.32 Å². The number of benzene rings is 2. The molecule has 104 valence electrons. The Morgan fingerprint density at radius 3 is 2.40 bits per heavy atom. The lowest BCUT2D eigenvalue weighted by Crippen LogP contribution is -2.04. The molecule has 0 aliphatic rings. The number of hydrogen-bond acceptors (Lipinski definition) is 2. The molecular weight excluding hydrogens is 304 g/mol. The van der Waals surface area contributed by atoms with Gasteiger partial charge in [0.25, 0.3) is 0 Å². The Morgan fingerprint density at radius 2 is 1.80 bits per heavy atom. The van der Waals surface area contributed by atoms with E-state index in [0.29, 0.717) is 22.3 Å². The summed E-state index contributed by atoms with van der Waals surface area (Å²) in [5.74, 6) is -2.08. The van der Waals surface area contributed by atoms with Crippen molar-refractivity contribution in [3.8, 4) is 0 Å². The first-order chi connectivity index (χ1) is 9.45.